The van der Waals surface area contributed by atoms with Crippen LogP contribution in [0.15, 0.2) is 32.6 Å². The number of nitrogens with zero attached hydrogens (tertiary/aromatic N) is 4. The fourth-order valence-electron chi connectivity index (χ4n) is 3.27. The predicted molar refractivity (Wildman–Crippen MR) is 106 cm³/mol. The average Bonchev–Trinajstić information content (AvgIpc) is 3.33. The molecule has 9 nitrogen and oxygen atoms in total. The Bertz CT molecular complexity index is 834. The van der Waals surface area contributed by atoms with Gasteiger partial charge in [-0.1, -0.05) is 0 Å². The molecule has 0 bridgehead atoms. The molecule has 0 aromatic carbocycles. The molecule has 0 spiro atoms. The van der Waals surface area contributed by atoms with Gasteiger partial charge in [0.25, 0.3) is 0 Å². The zero-order valence-electron chi connectivity index (χ0n) is 16.6. The van der Waals surface area contributed by atoms with Crippen LogP contribution >= 0.6 is 0 Å². The van der Waals surface area contributed by atoms with Crippen LogP contribution in [0.25, 0.3) is 0 Å². The standard InChI is InChI=1S/C19H30N6O3/c1-3-20-17(22-14-19(2,27)15-8-6-13-28-15)21-10-7-12-25-18(26)24-11-5-4-9-16(24)23-25/h6,8,13,27H,3-5,7,9-12,14H2,1-2H3,(H2,20,21,22). The van der Waals surface area contributed by atoms with Crippen LogP contribution in [0.5, 0.6) is 0 Å². The lowest BCUT2D eigenvalue weighted by atomic mass is 10.0. The van der Waals surface area contributed by atoms with Crippen molar-refractivity contribution in [3.8, 4) is 0 Å². The molecular formula is C19H30N6O3. The van der Waals surface area contributed by atoms with E-state index in [9.17, 15) is 9.90 Å². The third-order valence-electron chi connectivity index (χ3n) is 4.81. The maximum absolute atomic E-state index is 12.3. The van der Waals surface area contributed by atoms with E-state index in [0.717, 1.165) is 38.1 Å². The van der Waals surface area contributed by atoms with Gasteiger partial charge in [0, 0.05) is 32.6 Å². The molecule has 2 aromatic heterocycles. The SMILES string of the molecule is CCNC(=NCC(C)(O)c1ccco1)NCCCn1nc2n(c1=O)CCCC2. The highest BCUT2D eigenvalue weighted by Gasteiger charge is 2.26. The van der Waals surface area contributed by atoms with E-state index in [1.165, 1.54) is 6.26 Å². The van der Waals surface area contributed by atoms with Crippen LogP contribution in [-0.4, -0.2) is 45.0 Å². The normalized spacial score (nSPS) is 16.5. The van der Waals surface area contributed by atoms with Crippen molar-refractivity contribution in [1.82, 2.24) is 25.0 Å². The van der Waals surface area contributed by atoms with Crippen LogP contribution in [0.3, 0.4) is 0 Å². The molecule has 3 heterocycles. The molecule has 0 aliphatic carbocycles. The minimum Gasteiger partial charge on any atom is -0.466 e. The van der Waals surface area contributed by atoms with Gasteiger partial charge < -0.3 is 20.2 Å². The first kappa shape index (κ1) is 20.2. The summed E-state index contributed by atoms with van der Waals surface area (Å²) in [6, 6.07) is 3.48. The number of hydrogen-bond donors (Lipinski definition) is 3. The average molecular weight is 390 g/mol. The van der Waals surface area contributed by atoms with Crippen molar-refractivity contribution >= 4 is 5.96 Å². The topological polar surface area (TPSA) is 110 Å². The summed E-state index contributed by atoms with van der Waals surface area (Å²) in [6.07, 6.45) is 5.31. The molecule has 2 aromatic rings. The predicted octanol–water partition coefficient (Wildman–Crippen LogP) is 0.827. The van der Waals surface area contributed by atoms with Crippen molar-refractivity contribution in [1.29, 1.82) is 0 Å². The summed E-state index contributed by atoms with van der Waals surface area (Å²) in [5, 5.41) is 21.4. The maximum Gasteiger partial charge on any atom is 0.345 e. The molecule has 1 atom stereocenters. The van der Waals surface area contributed by atoms with Crippen molar-refractivity contribution in [2.45, 2.75) is 58.2 Å². The molecule has 1 aliphatic rings. The highest BCUT2D eigenvalue weighted by molar-refractivity contribution is 5.79. The van der Waals surface area contributed by atoms with Gasteiger partial charge in [-0.05, 0) is 45.2 Å². The van der Waals surface area contributed by atoms with Crippen LogP contribution in [0.1, 0.15) is 44.7 Å². The Morgan fingerprint density at radius 3 is 3.00 bits per heavy atom. The zero-order valence-corrected chi connectivity index (χ0v) is 16.6. The van der Waals surface area contributed by atoms with Gasteiger partial charge in [-0.15, -0.1) is 0 Å². The molecule has 154 valence electrons. The van der Waals surface area contributed by atoms with Crippen LogP contribution in [0.4, 0.5) is 0 Å². The quantitative estimate of drug-likeness (QED) is 0.350. The van der Waals surface area contributed by atoms with E-state index in [-0.39, 0.29) is 12.2 Å². The summed E-state index contributed by atoms with van der Waals surface area (Å²) >= 11 is 0. The Kier molecular flexibility index (Phi) is 6.56. The van der Waals surface area contributed by atoms with Crippen LogP contribution in [0.2, 0.25) is 0 Å². The van der Waals surface area contributed by atoms with E-state index >= 15 is 0 Å². The molecular weight excluding hydrogens is 360 g/mol. The third-order valence-corrected chi connectivity index (χ3v) is 4.81. The maximum atomic E-state index is 12.3. The molecule has 0 amide bonds. The van der Waals surface area contributed by atoms with E-state index in [4.69, 9.17) is 4.42 Å². The van der Waals surface area contributed by atoms with E-state index in [1.807, 2.05) is 6.92 Å². The number of fused-ring (bicyclic) bond motifs is 1. The van der Waals surface area contributed by atoms with Gasteiger partial charge in [-0.25, -0.2) is 14.5 Å². The number of aryl methyl sites for hydroxylation is 2. The lowest BCUT2D eigenvalue weighted by Gasteiger charge is -2.19. The van der Waals surface area contributed by atoms with Gasteiger partial charge in [-0.2, -0.15) is 5.10 Å². The molecule has 0 saturated heterocycles. The first-order valence-corrected chi connectivity index (χ1v) is 9.96. The Morgan fingerprint density at radius 2 is 2.29 bits per heavy atom. The zero-order chi connectivity index (χ0) is 20.0. The van der Waals surface area contributed by atoms with Crippen LogP contribution in [0, 0.1) is 0 Å². The fourth-order valence-corrected chi connectivity index (χ4v) is 3.27. The second-order valence-corrected chi connectivity index (χ2v) is 7.26. The molecule has 1 unspecified atom stereocenters. The summed E-state index contributed by atoms with van der Waals surface area (Å²) < 4.78 is 8.64. The van der Waals surface area contributed by atoms with E-state index < -0.39 is 5.60 Å². The highest BCUT2D eigenvalue weighted by Crippen LogP contribution is 2.21. The second kappa shape index (κ2) is 9.09. The van der Waals surface area contributed by atoms with Gasteiger partial charge in [0.15, 0.2) is 5.96 Å². The Balaban J connectivity index is 1.51. The molecule has 1 aliphatic heterocycles. The highest BCUT2D eigenvalue weighted by atomic mass is 16.4. The third kappa shape index (κ3) is 4.83. The van der Waals surface area contributed by atoms with Crippen LogP contribution in [-0.2, 0) is 25.1 Å². The van der Waals surface area contributed by atoms with Gasteiger partial charge >= 0.3 is 5.69 Å². The molecule has 0 saturated carbocycles. The van der Waals surface area contributed by atoms with E-state index in [1.54, 1.807) is 28.3 Å². The summed E-state index contributed by atoms with van der Waals surface area (Å²) in [6.45, 7) is 6.52. The first-order chi connectivity index (χ1) is 13.5. The minimum atomic E-state index is -1.17. The summed E-state index contributed by atoms with van der Waals surface area (Å²) in [5.41, 5.74) is -1.18. The van der Waals surface area contributed by atoms with E-state index in [0.29, 0.717) is 31.4 Å². The molecule has 28 heavy (non-hydrogen) atoms. The largest absolute Gasteiger partial charge is 0.466 e. The first-order valence-electron chi connectivity index (χ1n) is 9.96. The molecule has 0 fully saturated rings. The van der Waals surface area contributed by atoms with Gasteiger partial charge in [0.1, 0.15) is 17.2 Å². The van der Waals surface area contributed by atoms with Crippen molar-refractivity contribution in [2.24, 2.45) is 4.99 Å². The number of rotatable bonds is 8. The summed E-state index contributed by atoms with van der Waals surface area (Å²) in [4.78, 5) is 16.8. The number of nitrogens with one attached hydrogen (secondary N) is 2. The molecule has 9 heteroatoms. The van der Waals surface area contributed by atoms with Gasteiger partial charge in [0.2, 0.25) is 0 Å². The molecule has 0 radical (unpaired) electrons. The Hall–Kier alpha value is -2.55. The van der Waals surface area contributed by atoms with Crippen molar-refractivity contribution in [3.05, 3.63) is 40.5 Å². The Labute approximate surface area is 164 Å². The number of hydrogen-bond acceptors (Lipinski definition) is 5. The van der Waals surface area contributed by atoms with Gasteiger partial charge in [-0.3, -0.25) is 4.57 Å². The molecule has 3 N–H and O–H groups in total. The van der Waals surface area contributed by atoms with Crippen LogP contribution < -0.4 is 16.3 Å². The molecule has 3 rings (SSSR count). The monoisotopic (exact) mass is 390 g/mol. The smallest absolute Gasteiger partial charge is 0.345 e. The minimum absolute atomic E-state index is 0.00947. The number of guanidine groups is 1. The van der Waals surface area contributed by atoms with Crippen molar-refractivity contribution < 1.29 is 9.52 Å². The summed E-state index contributed by atoms with van der Waals surface area (Å²) in [7, 11) is 0. The number of aliphatic imine (C=N–C) groups is 1. The second-order valence-electron chi connectivity index (χ2n) is 7.26. The summed E-state index contributed by atoms with van der Waals surface area (Å²) in [5.74, 6) is 2.00. The fraction of sp³-hybridized carbons (Fsp3) is 0.632. The van der Waals surface area contributed by atoms with Crippen molar-refractivity contribution in [2.75, 3.05) is 19.6 Å². The lowest BCUT2D eigenvalue weighted by molar-refractivity contribution is 0.0437. The number of aliphatic hydroxyl groups is 1. The van der Waals surface area contributed by atoms with Gasteiger partial charge in [0.05, 0.1) is 12.8 Å². The van der Waals surface area contributed by atoms with E-state index in [2.05, 4.69) is 20.7 Å². The lowest BCUT2D eigenvalue weighted by Crippen LogP contribution is -2.39. The number of aromatic nitrogens is 3. The number of furan rings is 1. The van der Waals surface area contributed by atoms with Crippen molar-refractivity contribution in [3.63, 3.8) is 0 Å². The Morgan fingerprint density at radius 1 is 1.43 bits per heavy atom.